The summed E-state index contributed by atoms with van der Waals surface area (Å²) in [7, 11) is 1.58. The van der Waals surface area contributed by atoms with E-state index >= 15 is 0 Å². The van der Waals surface area contributed by atoms with Crippen molar-refractivity contribution in [3.8, 4) is 0 Å². The molecule has 1 atom stereocenters. The Morgan fingerprint density at radius 1 is 1.37 bits per heavy atom. The number of carboxylic acid groups (broad SMARTS) is 1. The monoisotopic (exact) mass is 274 g/mol. The number of aliphatic carboxylic acids is 1. The molecule has 0 fully saturated rings. The maximum atomic E-state index is 12.2. The second-order valence-electron chi connectivity index (χ2n) is 5.00. The predicted molar refractivity (Wildman–Crippen MR) is 73.2 cm³/mol. The minimum atomic E-state index is -1.23. The summed E-state index contributed by atoms with van der Waals surface area (Å²) in [5.74, 6) is -1.02. The zero-order valence-corrected chi connectivity index (χ0v) is 12.5. The van der Waals surface area contributed by atoms with Gasteiger partial charge in [0.25, 0.3) is 0 Å². The van der Waals surface area contributed by atoms with Crippen molar-refractivity contribution >= 4 is 12.0 Å². The lowest BCUT2D eigenvalue weighted by molar-refractivity contribution is -0.147. The molecule has 2 N–H and O–H groups in total. The summed E-state index contributed by atoms with van der Waals surface area (Å²) in [6, 6.07) is -0.466. The number of nitrogens with one attached hydrogen (secondary N) is 1. The van der Waals surface area contributed by atoms with E-state index in [4.69, 9.17) is 4.74 Å². The Balaban J connectivity index is 4.79. The van der Waals surface area contributed by atoms with Crippen molar-refractivity contribution in [2.75, 3.05) is 20.3 Å². The first-order valence-electron chi connectivity index (χ1n) is 6.61. The van der Waals surface area contributed by atoms with Crippen molar-refractivity contribution in [3.05, 3.63) is 0 Å². The number of hydrogen-bond acceptors (Lipinski definition) is 3. The van der Waals surface area contributed by atoms with Crippen LogP contribution in [0.15, 0.2) is 0 Å². The topological polar surface area (TPSA) is 78.9 Å². The third-order valence-electron chi connectivity index (χ3n) is 3.09. The standard InChI is InChI=1S/C13H26N2O4/c1-6-8-10(9-19-5)14-12(18)15(7-2)13(3,4)11(16)17/h10H,6-9H2,1-5H3,(H,14,18)(H,16,17). The number of carbonyl (C=O) groups is 2. The van der Waals surface area contributed by atoms with E-state index in [1.165, 1.54) is 18.7 Å². The molecule has 0 aromatic carbocycles. The summed E-state index contributed by atoms with van der Waals surface area (Å²) >= 11 is 0. The molecule has 0 rings (SSSR count). The lowest BCUT2D eigenvalue weighted by Crippen LogP contribution is -2.57. The van der Waals surface area contributed by atoms with Gasteiger partial charge in [-0.1, -0.05) is 13.3 Å². The molecule has 0 aromatic heterocycles. The van der Waals surface area contributed by atoms with Gasteiger partial charge in [-0.25, -0.2) is 9.59 Å². The van der Waals surface area contributed by atoms with Crippen molar-refractivity contribution < 1.29 is 19.4 Å². The zero-order valence-electron chi connectivity index (χ0n) is 12.5. The van der Waals surface area contributed by atoms with Crippen LogP contribution < -0.4 is 5.32 Å². The predicted octanol–water partition coefficient (Wildman–Crippen LogP) is 1.70. The van der Waals surface area contributed by atoms with Gasteiger partial charge in [0.2, 0.25) is 0 Å². The van der Waals surface area contributed by atoms with Crippen LogP contribution in [0.1, 0.15) is 40.5 Å². The molecule has 0 aliphatic rings. The van der Waals surface area contributed by atoms with E-state index in [-0.39, 0.29) is 12.1 Å². The van der Waals surface area contributed by atoms with Crippen molar-refractivity contribution in [2.45, 2.75) is 52.1 Å². The molecule has 0 aromatic rings. The Morgan fingerprint density at radius 3 is 2.32 bits per heavy atom. The average Bonchev–Trinajstić information content (AvgIpc) is 2.29. The maximum absolute atomic E-state index is 12.2. The van der Waals surface area contributed by atoms with E-state index in [9.17, 15) is 14.7 Å². The van der Waals surface area contributed by atoms with Gasteiger partial charge in [-0.3, -0.25) is 0 Å². The molecule has 0 saturated carbocycles. The number of amides is 2. The highest BCUT2D eigenvalue weighted by Crippen LogP contribution is 2.15. The van der Waals surface area contributed by atoms with Gasteiger partial charge in [-0.2, -0.15) is 0 Å². The molecule has 0 aliphatic carbocycles. The van der Waals surface area contributed by atoms with Crippen molar-refractivity contribution in [2.24, 2.45) is 0 Å². The fraction of sp³-hybridized carbons (Fsp3) is 0.846. The van der Waals surface area contributed by atoms with Gasteiger partial charge in [0, 0.05) is 13.7 Å². The highest BCUT2D eigenvalue weighted by Gasteiger charge is 2.37. The molecule has 1 unspecified atom stereocenters. The van der Waals surface area contributed by atoms with Crippen LogP contribution in [0.5, 0.6) is 0 Å². The number of likely N-dealkylation sites (N-methyl/N-ethyl adjacent to an activating group) is 1. The summed E-state index contributed by atoms with van der Waals surface area (Å²) in [6.07, 6.45) is 1.72. The first-order chi connectivity index (χ1) is 8.81. The van der Waals surface area contributed by atoms with E-state index in [0.717, 1.165) is 12.8 Å². The molecule has 19 heavy (non-hydrogen) atoms. The van der Waals surface area contributed by atoms with Crippen molar-refractivity contribution in [1.82, 2.24) is 10.2 Å². The van der Waals surface area contributed by atoms with E-state index in [2.05, 4.69) is 5.32 Å². The Morgan fingerprint density at radius 2 is 1.95 bits per heavy atom. The van der Waals surface area contributed by atoms with Crippen molar-refractivity contribution in [3.63, 3.8) is 0 Å². The van der Waals surface area contributed by atoms with E-state index in [0.29, 0.717) is 13.2 Å². The fourth-order valence-electron chi connectivity index (χ4n) is 1.91. The molecule has 0 spiro atoms. The Kier molecular flexibility index (Phi) is 7.44. The van der Waals surface area contributed by atoms with Gasteiger partial charge in [-0.05, 0) is 27.2 Å². The normalized spacial score (nSPS) is 12.9. The molecule has 2 amide bonds. The molecule has 0 heterocycles. The van der Waals surface area contributed by atoms with Gasteiger partial charge in [0.05, 0.1) is 12.6 Å². The largest absolute Gasteiger partial charge is 0.480 e. The minimum absolute atomic E-state index is 0.0962. The summed E-state index contributed by atoms with van der Waals surface area (Å²) in [5, 5.41) is 12.0. The molecule has 0 aliphatic heterocycles. The van der Waals surface area contributed by atoms with Crippen LogP contribution in [0, 0.1) is 0 Å². The molecule has 6 heteroatoms. The van der Waals surface area contributed by atoms with Crippen LogP contribution in [0.4, 0.5) is 4.79 Å². The first kappa shape index (κ1) is 17.7. The third-order valence-corrected chi connectivity index (χ3v) is 3.09. The van der Waals surface area contributed by atoms with Crippen LogP contribution in [0.2, 0.25) is 0 Å². The van der Waals surface area contributed by atoms with E-state index in [1.807, 2.05) is 6.92 Å². The molecular formula is C13H26N2O4. The Bertz CT molecular complexity index is 299. The lowest BCUT2D eigenvalue weighted by Gasteiger charge is -2.35. The number of urea groups is 1. The fourth-order valence-corrected chi connectivity index (χ4v) is 1.91. The third kappa shape index (κ3) is 5.06. The first-order valence-corrected chi connectivity index (χ1v) is 6.61. The summed E-state index contributed by atoms with van der Waals surface area (Å²) < 4.78 is 5.05. The number of carbonyl (C=O) groups excluding carboxylic acids is 1. The van der Waals surface area contributed by atoms with Gasteiger partial charge in [0.1, 0.15) is 5.54 Å². The van der Waals surface area contributed by atoms with Gasteiger partial charge in [0.15, 0.2) is 0 Å². The van der Waals surface area contributed by atoms with E-state index < -0.39 is 11.5 Å². The summed E-state index contributed by atoms with van der Waals surface area (Å²) in [5.41, 5.74) is -1.23. The van der Waals surface area contributed by atoms with Gasteiger partial charge >= 0.3 is 12.0 Å². The van der Waals surface area contributed by atoms with E-state index in [1.54, 1.807) is 14.0 Å². The maximum Gasteiger partial charge on any atom is 0.329 e. The summed E-state index contributed by atoms with van der Waals surface area (Å²) in [4.78, 5) is 24.7. The molecule has 0 saturated heterocycles. The van der Waals surface area contributed by atoms with Gasteiger partial charge < -0.3 is 20.1 Å². The molecular weight excluding hydrogens is 248 g/mol. The average molecular weight is 274 g/mol. The second-order valence-corrected chi connectivity index (χ2v) is 5.00. The molecule has 6 nitrogen and oxygen atoms in total. The van der Waals surface area contributed by atoms with Crippen LogP contribution in [-0.4, -0.2) is 53.8 Å². The number of ether oxygens (including phenoxy) is 1. The SMILES string of the molecule is CCCC(COC)NC(=O)N(CC)C(C)(C)C(=O)O. The molecule has 112 valence electrons. The van der Waals surface area contributed by atoms with Crippen LogP contribution in [-0.2, 0) is 9.53 Å². The number of rotatable bonds is 8. The quantitative estimate of drug-likeness (QED) is 0.706. The van der Waals surface area contributed by atoms with Crippen LogP contribution >= 0.6 is 0 Å². The Labute approximate surface area is 115 Å². The number of methoxy groups -OCH3 is 1. The number of carboxylic acids is 1. The zero-order chi connectivity index (χ0) is 15.1. The minimum Gasteiger partial charge on any atom is -0.480 e. The van der Waals surface area contributed by atoms with Gasteiger partial charge in [-0.15, -0.1) is 0 Å². The molecule has 0 bridgehead atoms. The highest BCUT2D eigenvalue weighted by molar-refractivity contribution is 5.85. The van der Waals surface area contributed by atoms with Crippen LogP contribution in [0.25, 0.3) is 0 Å². The number of hydrogen-bond donors (Lipinski definition) is 2. The smallest absolute Gasteiger partial charge is 0.329 e. The van der Waals surface area contributed by atoms with Crippen molar-refractivity contribution in [1.29, 1.82) is 0 Å². The number of nitrogens with zero attached hydrogens (tertiary/aromatic N) is 1. The highest BCUT2D eigenvalue weighted by atomic mass is 16.5. The van der Waals surface area contributed by atoms with Crippen LogP contribution in [0.3, 0.4) is 0 Å². The lowest BCUT2D eigenvalue weighted by atomic mass is 10.0. The summed E-state index contributed by atoms with van der Waals surface area (Å²) in [6.45, 7) is 7.57. The second kappa shape index (κ2) is 7.99. The Hall–Kier alpha value is -1.30. The molecule has 0 radical (unpaired) electrons.